The highest BCUT2D eigenvalue weighted by Crippen LogP contribution is 2.23. The number of benzene rings is 1. The Labute approximate surface area is 126 Å². The fourth-order valence-corrected chi connectivity index (χ4v) is 4.07. The number of carbonyl (C=O) groups excluding carboxylic acids is 1. The average Bonchev–Trinajstić information content (AvgIpc) is 2.41. The van der Waals surface area contributed by atoms with Crippen LogP contribution in [0.25, 0.3) is 0 Å². The summed E-state index contributed by atoms with van der Waals surface area (Å²) in [6.45, 7) is 0. The lowest BCUT2D eigenvalue weighted by Gasteiger charge is -2.21. The number of anilines is 2. The first kappa shape index (κ1) is 15.8. The quantitative estimate of drug-likeness (QED) is 0.922. The minimum Gasteiger partial charge on any atom is -0.378 e. The van der Waals surface area contributed by atoms with E-state index < -0.39 is 9.84 Å². The van der Waals surface area contributed by atoms with E-state index in [1.807, 2.05) is 43.3 Å². The Morgan fingerprint density at radius 2 is 1.95 bits per heavy atom. The van der Waals surface area contributed by atoms with Gasteiger partial charge in [0.1, 0.15) is 9.84 Å². The number of sulfone groups is 1. The molecule has 0 saturated carbocycles. The van der Waals surface area contributed by atoms with Crippen LogP contribution in [0.3, 0.4) is 0 Å². The number of nitrogens with one attached hydrogen (secondary N) is 1. The molecule has 0 atom stereocenters. The van der Waals surface area contributed by atoms with Gasteiger partial charge in [-0.1, -0.05) is 6.07 Å². The van der Waals surface area contributed by atoms with Crippen molar-refractivity contribution in [3.05, 3.63) is 24.3 Å². The van der Waals surface area contributed by atoms with E-state index in [1.165, 1.54) is 0 Å². The number of rotatable bonds is 4. The van der Waals surface area contributed by atoms with Gasteiger partial charge in [-0.05, 0) is 37.0 Å². The topological polar surface area (TPSA) is 66.5 Å². The molecule has 1 aliphatic heterocycles. The molecule has 1 aromatic carbocycles. The highest BCUT2D eigenvalue weighted by Gasteiger charge is 2.25. The molecule has 0 aliphatic carbocycles. The molecule has 6 heteroatoms. The number of amides is 1. The van der Waals surface area contributed by atoms with Crippen molar-refractivity contribution in [3.63, 3.8) is 0 Å². The Morgan fingerprint density at radius 3 is 2.57 bits per heavy atom. The summed E-state index contributed by atoms with van der Waals surface area (Å²) in [5.74, 6) is 0.544. The van der Waals surface area contributed by atoms with Gasteiger partial charge in [-0.15, -0.1) is 0 Å². The lowest BCUT2D eigenvalue weighted by Crippen LogP contribution is -2.26. The fraction of sp³-hybridized carbons (Fsp3) is 0.533. The molecule has 1 fully saturated rings. The Morgan fingerprint density at radius 1 is 1.29 bits per heavy atom. The summed E-state index contributed by atoms with van der Waals surface area (Å²) >= 11 is 0. The van der Waals surface area contributed by atoms with Crippen molar-refractivity contribution < 1.29 is 13.2 Å². The number of hydrogen-bond acceptors (Lipinski definition) is 4. The molecule has 0 spiro atoms. The third-order valence-corrected chi connectivity index (χ3v) is 5.51. The van der Waals surface area contributed by atoms with Gasteiger partial charge in [0.15, 0.2) is 0 Å². The van der Waals surface area contributed by atoms with Crippen LogP contribution in [0, 0.1) is 5.92 Å². The first-order valence-corrected chi connectivity index (χ1v) is 8.95. The first-order chi connectivity index (χ1) is 9.85. The predicted octanol–water partition coefficient (Wildman–Crippen LogP) is 1.91. The van der Waals surface area contributed by atoms with Crippen LogP contribution in [0.5, 0.6) is 0 Å². The van der Waals surface area contributed by atoms with E-state index in [4.69, 9.17) is 0 Å². The standard InChI is InChI=1S/C15H22N2O3S/c1-17(2)14-5-3-4-13(11-14)16-15(18)10-12-6-8-21(19,20)9-7-12/h3-5,11-12H,6-10H2,1-2H3,(H,16,18). The molecule has 116 valence electrons. The number of hydrogen-bond donors (Lipinski definition) is 1. The van der Waals surface area contributed by atoms with Crippen LogP contribution in [-0.4, -0.2) is 39.9 Å². The molecule has 2 rings (SSSR count). The molecule has 0 bridgehead atoms. The second-order valence-corrected chi connectivity index (χ2v) is 8.10. The third-order valence-electron chi connectivity index (χ3n) is 3.79. The van der Waals surface area contributed by atoms with Gasteiger partial charge in [-0.2, -0.15) is 0 Å². The smallest absolute Gasteiger partial charge is 0.224 e. The number of carbonyl (C=O) groups is 1. The van der Waals surface area contributed by atoms with Crippen LogP contribution >= 0.6 is 0 Å². The molecule has 0 aromatic heterocycles. The molecule has 1 saturated heterocycles. The predicted molar refractivity (Wildman–Crippen MR) is 85.4 cm³/mol. The molecule has 1 heterocycles. The maximum absolute atomic E-state index is 12.0. The van der Waals surface area contributed by atoms with Gasteiger partial charge in [-0.3, -0.25) is 4.79 Å². The van der Waals surface area contributed by atoms with Crippen LogP contribution in [0.1, 0.15) is 19.3 Å². The molecular formula is C15H22N2O3S. The van der Waals surface area contributed by atoms with Crippen molar-refractivity contribution in [1.29, 1.82) is 0 Å². The van der Waals surface area contributed by atoms with Gasteiger partial charge in [0, 0.05) is 31.9 Å². The SMILES string of the molecule is CN(C)c1cccc(NC(=O)CC2CCS(=O)(=O)CC2)c1. The fourth-order valence-electron chi connectivity index (χ4n) is 2.48. The summed E-state index contributed by atoms with van der Waals surface area (Å²) in [5, 5.41) is 2.89. The van der Waals surface area contributed by atoms with E-state index in [1.54, 1.807) is 0 Å². The summed E-state index contributed by atoms with van der Waals surface area (Å²) in [6, 6.07) is 7.65. The van der Waals surface area contributed by atoms with E-state index in [0.717, 1.165) is 11.4 Å². The maximum Gasteiger partial charge on any atom is 0.224 e. The van der Waals surface area contributed by atoms with Crippen LogP contribution in [0.2, 0.25) is 0 Å². The molecule has 1 amide bonds. The minimum absolute atomic E-state index is 0.0461. The van der Waals surface area contributed by atoms with Crippen molar-refractivity contribution in [1.82, 2.24) is 0 Å². The minimum atomic E-state index is -2.86. The molecule has 21 heavy (non-hydrogen) atoms. The van der Waals surface area contributed by atoms with Crippen molar-refractivity contribution in [2.45, 2.75) is 19.3 Å². The summed E-state index contributed by atoms with van der Waals surface area (Å²) in [4.78, 5) is 14.0. The summed E-state index contributed by atoms with van der Waals surface area (Å²) < 4.78 is 22.7. The van der Waals surface area contributed by atoms with Gasteiger partial charge in [0.2, 0.25) is 5.91 Å². The van der Waals surface area contributed by atoms with Gasteiger partial charge in [-0.25, -0.2) is 8.42 Å². The Kier molecular flexibility index (Phi) is 4.88. The highest BCUT2D eigenvalue weighted by atomic mass is 32.2. The molecule has 5 nitrogen and oxygen atoms in total. The summed E-state index contributed by atoms with van der Waals surface area (Å²) in [6.07, 6.45) is 1.57. The molecular weight excluding hydrogens is 288 g/mol. The van der Waals surface area contributed by atoms with Gasteiger partial charge in [0.05, 0.1) is 11.5 Å². The summed E-state index contributed by atoms with van der Waals surface area (Å²) in [5.41, 5.74) is 1.80. The van der Waals surface area contributed by atoms with Crippen LogP contribution in [-0.2, 0) is 14.6 Å². The Bertz CT molecular complexity index is 597. The Balaban J connectivity index is 1.89. The van der Waals surface area contributed by atoms with Gasteiger partial charge >= 0.3 is 0 Å². The van der Waals surface area contributed by atoms with Gasteiger partial charge in [0.25, 0.3) is 0 Å². The van der Waals surface area contributed by atoms with Gasteiger partial charge < -0.3 is 10.2 Å². The van der Waals surface area contributed by atoms with Crippen molar-refractivity contribution in [2.75, 3.05) is 35.8 Å². The normalized spacial score (nSPS) is 18.2. The molecule has 0 radical (unpaired) electrons. The third kappa shape index (κ3) is 4.74. The molecule has 1 N–H and O–H groups in total. The zero-order chi connectivity index (χ0) is 15.5. The van der Waals surface area contributed by atoms with Crippen molar-refractivity contribution in [3.8, 4) is 0 Å². The zero-order valence-electron chi connectivity index (χ0n) is 12.5. The first-order valence-electron chi connectivity index (χ1n) is 7.13. The van der Waals surface area contributed by atoms with Crippen LogP contribution in [0.4, 0.5) is 11.4 Å². The monoisotopic (exact) mass is 310 g/mol. The zero-order valence-corrected chi connectivity index (χ0v) is 13.3. The lowest BCUT2D eigenvalue weighted by atomic mass is 9.98. The summed E-state index contributed by atoms with van der Waals surface area (Å²) in [7, 11) is 1.03. The Hall–Kier alpha value is -1.56. The second kappa shape index (κ2) is 6.47. The van der Waals surface area contributed by atoms with Crippen LogP contribution < -0.4 is 10.2 Å². The van der Waals surface area contributed by atoms with Crippen molar-refractivity contribution >= 4 is 27.1 Å². The number of nitrogens with zero attached hydrogens (tertiary/aromatic N) is 1. The van der Waals surface area contributed by atoms with E-state index in [2.05, 4.69) is 5.32 Å². The highest BCUT2D eigenvalue weighted by molar-refractivity contribution is 7.91. The van der Waals surface area contributed by atoms with Crippen LogP contribution in [0.15, 0.2) is 24.3 Å². The maximum atomic E-state index is 12.0. The molecule has 1 aromatic rings. The largest absolute Gasteiger partial charge is 0.378 e. The average molecular weight is 310 g/mol. The second-order valence-electron chi connectivity index (χ2n) is 5.79. The van der Waals surface area contributed by atoms with E-state index >= 15 is 0 Å². The van der Waals surface area contributed by atoms with E-state index in [0.29, 0.717) is 19.3 Å². The lowest BCUT2D eigenvalue weighted by molar-refractivity contribution is -0.117. The molecule has 1 aliphatic rings. The molecule has 0 unspecified atom stereocenters. The van der Waals surface area contributed by atoms with E-state index in [-0.39, 0.29) is 23.3 Å². The van der Waals surface area contributed by atoms with Crippen molar-refractivity contribution in [2.24, 2.45) is 5.92 Å². The van der Waals surface area contributed by atoms with E-state index in [9.17, 15) is 13.2 Å².